The quantitative estimate of drug-likeness (QED) is 0.409. The molecule has 0 aromatic rings. The second-order valence-electron chi connectivity index (χ2n) is 15.4. The second kappa shape index (κ2) is 8.17. The molecule has 4 N–H and O–H groups in total. The fourth-order valence-electron chi connectivity index (χ4n) is 10.5. The van der Waals surface area contributed by atoms with Crippen molar-refractivity contribution in [2.45, 2.75) is 143 Å². The van der Waals surface area contributed by atoms with Gasteiger partial charge in [0.2, 0.25) is 0 Å². The van der Waals surface area contributed by atoms with E-state index >= 15 is 0 Å². The monoisotopic (exact) mass is 478 g/mol. The molecule has 10 atom stereocenters. The van der Waals surface area contributed by atoms with Crippen LogP contribution in [0, 0.1) is 45.3 Å². The summed E-state index contributed by atoms with van der Waals surface area (Å²) >= 11 is 0. The molecule has 4 nitrogen and oxygen atoms in total. The highest BCUT2D eigenvalue weighted by Crippen LogP contribution is 2.75. The van der Waals surface area contributed by atoms with Gasteiger partial charge in [0.25, 0.3) is 0 Å². The first-order valence-electron chi connectivity index (χ1n) is 14.2. The molecule has 0 aliphatic heterocycles. The number of aliphatic hydroxyl groups is 4. The summed E-state index contributed by atoms with van der Waals surface area (Å²) < 4.78 is 0. The van der Waals surface area contributed by atoms with Crippen molar-refractivity contribution in [3.8, 4) is 0 Å². The van der Waals surface area contributed by atoms with Crippen LogP contribution in [-0.4, -0.2) is 43.8 Å². The van der Waals surface area contributed by atoms with E-state index in [1.807, 2.05) is 20.8 Å². The third-order valence-electron chi connectivity index (χ3n) is 12.6. The minimum Gasteiger partial charge on any atom is -0.393 e. The summed E-state index contributed by atoms with van der Waals surface area (Å²) in [6.07, 6.45) is 8.62. The first kappa shape index (κ1) is 26.9. The predicted octanol–water partition coefficient (Wildman–Crippen LogP) is 5.70. The van der Waals surface area contributed by atoms with Gasteiger partial charge < -0.3 is 20.4 Å². The van der Waals surface area contributed by atoms with Gasteiger partial charge in [-0.1, -0.05) is 34.6 Å². The number of hydrogen-bond acceptors (Lipinski definition) is 4. The van der Waals surface area contributed by atoms with Crippen LogP contribution in [0.25, 0.3) is 0 Å². The van der Waals surface area contributed by atoms with Gasteiger partial charge in [0, 0.05) is 0 Å². The Morgan fingerprint density at radius 1 is 0.765 bits per heavy atom. The lowest BCUT2D eigenvalue weighted by molar-refractivity contribution is -0.246. The van der Waals surface area contributed by atoms with Crippen molar-refractivity contribution in [2.75, 3.05) is 0 Å². The summed E-state index contributed by atoms with van der Waals surface area (Å²) in [5.74, 6) is 1.15. The molecule has 34 heavy (non-hydrogen) atoms. The van der Waals surface area contributed by atoms with Gasteiger partial charge in [0.1, 0.15) is 0 Å². The standard InChI is InChI=1S/C30H54O4/c1-25(2,33)13-9-14-30(8,34)19-10-16-29(7)24(19)20(31)18-22-27(5)15-12-23(32)26(3,4)21(27)11-17-28(22,29)6/h19-24,31-34H,9-18H2,1-8H3/t19-,20+,21?,22+,23-,24-,27-,28+,29-,30+/m0/s1. The molecule has 4 aliphatic carbocycles. The zero-order valence-electron chi connectivity index (χ0n) is 23.3. The highest BCUT2D eigenvalue weighted by atomic mass is 16.3. The van der Waals surface area contributed by atoms with Crippen LogP contribution in [0.2, 0.25) is 0 Å². The molecule has 4 aliphatic rings. The van der Waals surface area contributed by atoms with E-state index in [4.69, 9.17) is 0 Å². The second-order valence-corrected chi connectivity index (χ2v) is 15.4. The first-order valence-corrected chi connectivity index (χ1v) is 14.2. The SMILES string of the molecule is CC(C)(O)CCC[C@@](C)(O)[C@H]1CC[C@@]2(C)[C@@H]1[C@H](O)C[C@@H]1[C@@]3(C)CC[C@H](O)C(C)(C)C3CC[C@]12C. The average molecular weight is 479 g/mol. The zero-order valence-corrected chi connectivity index (χ0v) is 23.3. The molecule has 4 fully saturated rings. The predicted molar refractivity (Wildman–Crippen MR) is 137 cm³/mol. The molecule has 0 saturated heterocycles. The highest BCUT2D eigenvalue weighted by molar-refractivity contribution is 5.19. The van der Waals surface area contributed by atoms with E-state index in [-0.39, 0.29) is 45.7 Å². The molecule has 198 valence electrons. The van der Waals surface area contributed by atoms with Crippen molar-refractivity contribution in [1.29, 1.82) is 0 Å². The topological polar surface area (TPSA) is 80.9 Å². The Hall–Kier alpha value is -0.160. The minimum absolute atomic E-state index is 0.00836. The highest BCUT2D eigenvalue weighted by Gasteiger charge is 2.71. The van der Waals surface area contributed by atoms with Gasteiger partial charge in [0.15, 0.2) is 0 Å². The summed E-state index contributed by atoms with van der Waals surface area (Å²) in [5.41, 5.74) is -1.33. The third kappa shape index (κ3) is 3.84. The number of rotatable bonds is 5. The maximum absolute atomic E-state index is 11.8. The van der Waals surface area contributed by atoms with Gasteiger partial charge in [-0.3, -0.25) is 0 Å². The van der Waals surface area contributed by atoms with E-state index in [1.54, 1.807) is 0 Å². The summed E-state index contributed by atoms with van der Waals surface area (Å²) in [6.45, 7) is 17.6. The fraction of sp³-hybridized carbons (Fsp3) is 1.00. The third-order valence-corrected chi connectivity index (χ3v) is 12.6. The van der Waals surface area contributed by atoms with Crippen LogP contribution in [0.4, 0.5) is 0 Å². The lowest BCUT2D eigenvalue weighted by atomic mass is 9.35. The van der Waals surface area contributed by atoms with Crippen molar-refractivity contribution in [3.05, 3.63) is 0 Å². The molecule has 0 amide bonds. The minimum atomic E-state index is -0.824. The smallest absolute Gasteiger partial charge is 0.0651 e. The van der Waals surface area contributed by atoms with Crippen molar-refractivity contribution >= 4 is 0 Å². The van der Waals surface area contributed by atoms with Crippen molar-refractivity contribution < 1.29 is 20.4 Å². The van der Waals surface area contributed by atoms with Crippen LogP contribution < -0.4 is 0 Å². The van der Waals surface area contributed by atoms with Crippen molar-refractivity contribution in [2.24, 2.45) is 45.3 Å². The van der Waals surface area contributed by atoms with Crippen LogP contribution in [0.15, 0.2) is 0 Å². The Morgan fingerprint density at radius 3 is 2.00 bits per heavy atom. The number of aliphatic hydroxyl groups excluding tert-OH is 2. The maximum atomic E-state index is 11.8. The molecule has 0 heterocycles. The van der Waals surface area contributed by atoms with Crippen LogP contribution in [0.5, 0.6) is 0 Å². The number of fused-ring (bicyclic) bond motifs is 5. The Balaban J connectivity index is 1.62. The van der Waals surface area contributed by atoms with Gasteiger partial charge in [-0.25, -0.2) is 0 Å². The molecule has 4 rings (SSSR count). The average Bonchev–Trinajstić information content (AvgIpc) is 3.07. The van der Waals surface area contributed by atoms with E-state index in [0.717, 1.165) is 51.4 Å². The van der Waals surface area contributed by atoms with Gasteiger partial charge in [-0.05, 0) is 130 Å². The van der Waals surface area contributed by atoms with Gasteiger partial charge in [0.05, 0.1) is 23.4 Å². The van der Waals surface area contributed by atoms with Crippen LogP contribution in [-0.2, 0) is 0 Å². The van der Waals surface area contributed by atoms with Crippen molar-refractivity contribution in [3.63, 3.8) is 0 Å². The molecule has 4 saturated carbocycles. The molecule has 0 aromatic carbocycles. The van der Waals surface area contributed by atoms with E-state index < -0.39 is 11.2 Å². The first-order chi connectivity index (χ1) is 15.4. The summed E-state index contributed by atoms with van der Waals surface area (Å²) in [5, 5.41) is 44.5. The summed E-state index contributed by atoms with van der Waals surface area (Å²) in [6, 6.07) is 0. The van der Waals surface area contributed by atoms with E-state index in [2.05, 4.69) is 34.6 Å². The molecule has 0 aromatic heterocycles. The molecule has 4 heteroatoms. The largest absolute Gasteiger partial charge is 0.393 e. The zero-order chi connectivity index (χ0) is 25.5. The Morgan fingerprint density at radius 2 is 1.38 bits per heavy atom. The van der Waals surface area contributed by atoms with Crippen LogP contribution in [0.3, 0.4) is 0 Å². The maximum Gasteiger partial charge on any atom is 0.0651 e. The fourth-order valence-corrected chi connectivity index (χ4v) is 10.5. The number of hydrogen-bond donors (Lipinski definition) is 4. The van der Waals surface area contributed by atoms with E-state index in [9.17, 15) is 20.4 Å². The molecule has 0 spiro atoms. The van der Waals surface area contributed by atoms with Crippen LogP contribution >= 0.6 is 0 Å². The lowest BCUT2D eigenvalue weighted by Gasteiger charge is -2.70. The Kier molecular flexibility index (Phi) is 6.46. The molecular weight excluding hydrogens is 424 g/mol. The molecule has 0 bridgehead atoms. The molecule has 0 radical (unpaired) electrons. The van der Waals surface area contributed by atoms with E-state index in [0.29, 0.717) is 24.7 Å². The summed E-state index contributed by atoms with van der Waals surface area (Å²) in [4.78, 5) is 0. The Bertz CT molecular complexity index is 768. The van der Waals surface area contributed by atoms with Gasteiger partial charge in [-0.15, -0.1) is 0 Å². The van der Waals surface area contributed by atoms with Crippen LogP contribution in [0.1, 0.15) is 120 Å². The molecule has 1 unspecified atom stereocenters. The summed E-state index contributed by atoms with van der Waals surface area (Å²) in [7, 11) is 0. The normalized spacial score (nSPS) is 50.1. The van der Waals surface area contributed by atoms with Gasteiger partial charge in [-0.2, -0.15) is 0 Å². The van der Waals surface area contributed by atoms with E-state index in [1.165, 1.54) is 0 Å². The van der Waals surface area contributed by atoms with Gasteiger partial charge >= 0.3 is 0 Å². The Labute approximate surface area is 208 Å². The van der Waals surface area contributed by atoms with Crippen molar-refractivity contribution in [1.82, 2.24) is 0 Å². The molecular formula is C30H54O4. The lowest BCUT2D eigenvalue weighted by Crippen LogP contribution is -2.66.